The molecule has 0 bridgehead atoms. The Morgan fingerprint density at radius 2 is 2.12 bits per heavy atom. The Kier molecular flexibility index (Phi) is 3.62. The van der Waals surface area contributed by atoms with E-state index in [0.29, 0.717) is 0 Å². The monoisotopic (exact) mass is 346 g/mol. The summed E-state index contributed by atoms with van der Waals surface area (Å²) in [5.41, 5.74) is 5.06. The van der Waals surface area contributed by atoms with E-state index in [2.05, 4.69) is 50.3 Å². The summed E-state index contributed by atoms with van der Waals surface area (Å²) in [6.45, 7) is 3.12. The van der Waals surface area contributed by atoms with Crippen molar-refractivity contribution in [3.05, 3.63) is 42.2 Å². The molecule has 0 unspecified atom stereocenters. The molecular formula is C20H22N6. The van der Waals surface area contributed by atoms with Crippen LogP contribution in [-0.4, -0.2) is 25.0 Å². The van der Waals surface area contributed by atoms with E-state index in [1.54, 1.807) is 6.20 Å². The van der Waals surface area contributed by atoms with Crippen LogP contribution >= 0.6 is 0 Å². The van der Waals surface area contributed by atoms with Crippen LogP contribution < -0.4 is 5.32 Å². The molecule has 1 aliphatic carbocycles. The molecule has 0 atom stereocenters. The zero-order chi connectivity index (χ0) is 17.5. The third-order valence-electron chi connectivity index (χ3n) is 5.42. The maximum atomic E-state index is 4.80. The van der Waals surface area contributed by atoms with Gasteiger partial charge in [-0.1, -0.05) is 12.8 Å². The number of hydrogen-bond donors (Lipinski definition) is 2. The van der Waals surface area contributed by atoms with Gasteiger partial charge in [0.1, 0.15) is 5.52 Å². The van der Waals surface area contributed by atoms with Crippen molar-refractivity contribution < 1.29 is 0 Å². The maximum absolute atomic E-state index is 4.80. The fourth-order valence-electron chi connectivity index (χ4n) is 4.07. The number of aryl methyl sites for hydroxylation is 1. The number of anilines is 2. The van der Waals surface area contributed by atoms with Crippen LogP contribution in [0.15, 0.2) is 36.5 Å². The number of nitrogens with one attached hydrogen (secondary N) is 2. The van der Waals surface area contributed by atoms with E-state index < -0.39 is 0 Å². The number of aromatic amines is 1. The minimum atomic E-state index is 0.746. The van der Waals surface area contributed by atoms with Crippen molar-refractivity contribution in [3.63, 3.8) is 0 Å². The second-order valence-corrected chi connectivity index (χ2v) is 7.25. The van der Waals surface area contributed by atoms with E-state index in [9.17, 15) is 0 Å². The van der Waals surface area contributed by atoms with Gasteiger partial charge in [-0.05, 0) is 56.0 Å². The number of H-pyrrole nitrogens is 1. The SMILES string of the molecule is Cc1nn(CC2CCCC2)c2ccc(Nc3n[nH]c4cccnc34)cc12. The van der Waals surface area contributed by atoms with E-state index in [4.69, 9.17) is 5.10 Å². The second-order valence-electron chi connectivity index (χ2n) is 7.25. The third-order valence-corrected chi connectivity index (χ3v) is 5.42. The second kappa shape index (κ2) is 6.12. The summed E-state index contributed by atoms with van der Waals surface area (Å²) in [6.07, 6.45) is 7.17. The average Bonchev–Trinajstić information content (AvgIpc) is 3.37. The fourth-order valence-corrected chi connectivity index (χ4v) is 4.07. The molecule has 0 radical (unpaired) electrons. The average molecular weight is 346 g/mol. The van der Waals surface area contributed by atoms with E-state index in [1.165, 1.54) is 36.6 Å². The molecule has 26 heavy (non-hydrogen) atoms. The van der Waals surface area contributed by atoms with E-state index in [-0.39, 0.29) is 0 Å². The van der Waals surface area contributed by atoms with Crippen molar-refractivity contribution in [2.45, 2.75) is 39.2 Å². The molecule has 1 fully saturated rings. The Bertz CT molecular complexity index is 1070. The van der Waals surface area contributed by atoms with Crippen LogP contribution in [0.3, 0.4) is 0 Å². The van der Waals surface area contributed by atoms with Crippen LogP contribution in [0.5, 0.6) is 0 Å². The molecule has 0 saturated heterocycles. The van der Waals surface area contributed by atoms with Crippen LogP contribution in [0, 0.1) is 12.8 Å². The molecule has 1 saturated carbocycles. The molecule has 1 aromatic carbocycles. The molecule has 6 heteroatoms. The summed E-state index contributed by atoms with van der Waals surface area (Å²) in [4.78, 5) is 4.41. The summed E-state index contributed by atoms with van der Waals surface area (Å²) in [5, 5.41) is 16.7. The Morgan fingerprint density at radius 3 is 3.00 bits per heavy atom. The van der Waals surface area contributed by atoms with E-state index in [1.807, 2.05) is 12.1 Å². The molecule has 0 amide bonds. The highest BCUT2D eigenvalue weighted by Gasteiger charge is 2.18. The lowest BCUT2D eigenvalue weighted by Crippen LogP contribution is -2.08. The van der Waals surface area contributed by atoms with Gasteiger partial charge in [0.15, 0.2) is 5.82 Å². The highest BCUT2D eigenvalue weighted by atomic mass is 15.3. The molecule has 1 aliphatic rings. The summed E-state index contributed by atoms with van der Waals surface area (Å²) in [5.74, 6) is 1.52. The maximum Gasteiger partial charge on any atom is 0.178 e. The Labute approximate surface area is 151 Å². The molecule has 0 aliphatic heterocycles. The van der Waals surface area contributed by atoms with Gasteiger partial charge in [0.05, 0.1) is 16.7 Å². The number of hydrogen-bond acceptors (Lipinski definition) is 4. The summed E-state index contributed by atoms with van der Waals surface area (Å²) in [7, 11) is 0. The summed E-state index contributed by atoms with van der Waals surface area (Å²) in [6, 6.07) is 10.3. The summed E-state index contributed by atoms with van der Waals surface area (Å²) >= 11 is 0. The van der Waals surface area contributed by atoms with Gasteiger partial charge in [0.2, 0.25) is 0 Å². The normalized spacial score (nSPS) is 15.3. The predicted octanol–water partition coefficient (Wildman–Crippen LogP) is 4.55. The zero-order valence-electron chi connectivity index (χ0n) is 14.9. The minimum absolute atomic E-state index is 0.746. The van der Waals surface area contributed by atoms with Gasteiger partial charge in [-0.3, -0.25) is 14.8 Å². The van der Waals surface area contributed by atoms with Crippen molar-refractivity contribution in [1.82, 2.24) is 25.0 Å². The van der Waals surface area contributed by atoms with Gasteiger partial charge >= 0.3 is 0 Å². The van der Waals surface area contributed by atoms with Crippen LogP contribution in [0.1, 0.15) is 31.4 Å². The third kappa shape index (κ3) is 2.62. The quantitative estimate of drug-likeness (QED) is 0.569. The highest BCUT2D eigenvalue weighted by molar-refractivity contribution is 5.90. The lowest BCUT2D eigenvalue weighted by Gasteiger charge is -2.10. The molecule has 132 valence electrons. The fraction of sp³-hybridized carbons (Fsp3) is 0.350. The lowest BCUT2D eigenvalue weighted by molar-refractivity contribution is 0.436. The number of fused-ring (bicyclic) bond motifs is 2. The molecule has 5 rings (SSSR count). The van der Waals surface area contributed by atoms with Crippen molar-refractivity contribution in [1.29, 1.82) is 0 Å². The van der Waals surface area contributed by atoms with Gasteiger partial charge in [0, 0.05) is 23.8 Å². The number of nitrogens with zero attached hydrogens (tertiary/aromatic N) is 4. The predicted molar refractivity (Wildman–Crippen MR) is 104 cm³/mol. The van der Waals surface area contributed by atoms with Gasteiger partial charge < -0.3 is 5.32 Å². The first-order valence-electron chi connectivity index (χ1n) is 9.31. The molecular weight excluding hydrogens is 324 g/mol. The standard InChI is InChI=1S/C20H22N6/c1-13-16-11-15(22-20-19-17(23-24-20)7-4-10-21-19)8-9-18(16)26(25-13)12-14-5-2-3-6-14/h4,7-11,14H,2-3,5-6,12H2,1H3,(H2,22,23,24). The first kappa shape index (κ1) is 15.4. The van der Waals surface area contributed by atoms with Gasteiger partial charge in [-0.2, -0.15) is 10.2 Å². The molecule has 3 aromatic heterocycles. The first-order chi connectivity index (χ1) is 12.8. The number of rotatable bonds is 4. The molecule has 2 N–H and O–H groups in total. The summed E-state index contributed by atoms with van der Waals surface area (Å²) < 4.78 is 2.19. The van der Waals surface area contributed by atoms with Crippen molar-refractivity contribution in [2.24, 2.45) is 5.92 Å². The Morgan fingerprint density at radius 1 is 1.23 bits per heavy atom. The first-order valence-corrected chi connectivity index (χ1v) is 9.31. The zero-order valence-corrected chi connectivity index (χ0v) is 14.9. The molecule has 0 spiro atoms. The Hall–Kier alpha value is -2.89. The van der Waals surface area contributed by atoms with E-state index >= 15 is 0 Å². The van der Waals surface area contributed by atoms with Gasteiger partial charge in [-0.15, -0.1) is 0 Å². The van der Waals surface area contributed by atoms with Crippen LogP contribution in [0.4, 0.5) is 11.5 Å². The van der Waals surface area contributed by atoms with Crippen molar-refractivity contribution in [3.8, 4) is 0 Å². The number of aromatic nitrogens is 5. The largest absolute Gasteiger partial charge is 0.337 e. The van der Waals surface area contributed by atoms with Crippen LogP contribution in [0.25, 0.3) is 21.9 Å². The molecule has 3 heterocycles. The number of pyridine rings is 1. The Balaban J connectivity index is 1.47. The van der Waals surface area contributed by atoms with Crippen molar-refractivity contribution in [2.75, 3.05) is 5.32 Å². The van der Waals surface area contributed by atoms with Gasteiger partial charge in [-0.25, -0.2) is 0 Å². The number of benzene rings is 1. The van der Waals surface area contributed by atoms with Crippen molar-refractivity contribution >= 4 is 33.4 Å². The lowest BCUT2D eigenvalue weighted by atomic mass is 10.1. The molecule has 6 nitrogen and oxygen atoms in total. The topological polar surface area (TPSA) is 71.4 Å². The smallest absolute Gasteiger partial charge is 0.178 e. The molecule has 4 aromatic rings. The van der Waals surface area contributed by atoms with E-state index in [0.717, 1.165) is 40.7 Å². The van der Waals surface area contributed by atoms with Crippen LogP contribution in [0.2, 0.25) is 0 Å². The highest BCUT2D eigenvalue weighted by Crippen LogP contribution is 2.30. The van der Waals surface area contributed by atoms with Crippen LogP contribution in [-0.2, 0) is 6.54 Å². The van der Waals surface area contributed by atoms with Gasteiger partial charge in [0.25, 0.3) is 0 Å². The minimum Gasteiger partial charge on any atom is -0.337 e.